The second kappa shape index (κ2) is 6.59. The fraction of sp³-hybridized carbons (Fsp3) is 0.429. The number of fused-ring (bicyclic) bond motifs is 1. The summed E-state index contributed by atoms with van der Waals surface area (Å²) in [7, 11) is 0. The first-order valence-electron chi connectivity index (χ1n) is 6.38. The molecule has 0 aliphatic rings. The number of thiol groups is 1. The van der Waals surface area contributed by atoms with E-state index in [4.69, 9.17) is 0 Å². The first-order valence-corrected chi connectivity index (χ1v) is 7.02. The summed E-state index contributed by atoms with van der Waals surface area (Å²) in [5.74, 6) is 0.939. The monoisotopic (exact) mass is 262 g/mol. The molecule has 1 aromatic heterocycles. The molecule has 0 fully saturated rings. The van der Waals surface area contributed by atoms with E-state index in [2.05, 4.69) is 17.7 Å². The number of rotatable bonds is 6. The van der Waals surface area contributed by atoms with Crippen molar-refractivity contribution in [2.75, 3.05) is 5.75 Å². The third kappa shape index (κ3) is 3.13. The maximum Gasteiger partial charge on any atom is 0.274 e. The van der Waals surface area contributed by atoms with Gasteiger partial charge in [-0.05, 0) is 24.7 Å². The minimum Gasteiger partial charge on any atom is -0.267 e. The van der Waals surface area contributed by atoms with E-state index >= 15 is 0 Å². The Morgan fingerprint density at radius 1 is 1.11 bits per heavy atom. The van der Waals surface area contributed by atoms with Crippen LogP contribution in [0.25, 0.3) is 10.8 Å². The molecule has 0 saturated carbocycles. The Labute approximate surface area is 112 Å². The van der Waals surface area contributed by atoms with E-state index in [0.717, 1.165) is 35.8 Å². The lowest BCUT2D eigenvalue weighted by Gasteiger charge is -2.05. The predicted molar refractivity (Wildman–Crippen MR) is 78.3 cm³/mol. The van der Waals surface area contributed by atoms with Crippen molar-refractivity contribution in [3.8, 4) is 0 Å². The summed E-state index contributed by atoms with van der Waals surface area (Å²) in [4.78, 5) is 12.1. The molecule has 4 heteroatoms. The number of hydrogen-bond donors (Lipinski definition) is 1. The molecular formula is C14H18N2OS. The molecule has 96 valence electrons. The van der Waals surface area contributed by atoms with Gasteiger partial charge in [-0.3, -0.25) is 4.79 Å². The Balaban J connectivity index is 2.05. The lowest BCUT2D eigenvalue weighted by atomic mass is 10.2. The molecule has 2 rings (SSSR count). The van der Waals surface area contributed by atoms with Crippen LogP contribution < -0.4 is 5.56 Å². The number of benzene rings is 1. The first kappa shape index (κ1) is 13.1. The second-order valence-electron chi connectivity index (χ2n) is 4.40. The Morgan fingerprint density at radius 3 is 2.72 bits per heavy atom. The van der Waals surface area contributed by atoms with Crippen molar-refractivity contribution in [1.29, 1.82) is 0 Å². The van der Waals surface area contributed by atoms with Gasteiger partial charge < -0.3 is 0 Å². The molecule has 0 radical (unpaired) electrons. The van der Waals surface area contributed by atoms with Crippen LogP contribution >= 0.6 is 12.6 Å². The highest BCUT2D eigenvalue weighted by molar-refractivity contribution is 7.80. The van der Waals surface area contributed by atoms with E-state index in [1.54, 1.807) is 10.9 Å². The van der Waals surface area contributed by atoms with Crippen LogP contribution in [-0.2, 0) is 6.54 Å². The zero-order valence-corrected chi connectivity index (χ0v) is 11.3. The Bertz CT molecular complexity index is 565. The number of aryl methyl sites for hydroxylation is 1. The molecule has 1 aromatic carbocycles. The van der Waals surface area contributed by atoms with E-state index in [1.807, 2.05) is 24.3 Å². The summed E-state index contributed by atoms with van der Waals surface area (Å²) in [6.45, 7) is 0.705. The third-order valence-electron chi connectivity index (χ3n) is 3.04. The van der Waals surface area contributed by atoms with E-state index in [1.165, 1.54) is 6.42 Å². The van der Waals surface area contributed by atoms with Crippen LogP contribution in [-0.4, -0.2) is 15.5 Å². The van der Waals surface area contributed by atoms with Gasteiger partial charge in [-0.2, -0.15) is 17.7 Å². The van der Waals surface area contributed by atoms with Crippen LogP contribution in [0.1, 0.15) is 25.7 Å². The third-order valence-corrected chi connectivity index (χ3v) is 3.36. The number of hydrogen-bond acceptors (Lipinski definition) is 3. The molecular weight excluding hydrogens is 244 g/mol. The normalized spacial score (nSPS) is 10.9. The maximum absolute atomic E-state index is 12.1. The van der Waals surface area contributed by atoms with Crippen LogP contribution in [0.2, 0.25) is 0 Å². The molecule has 18 heavy (non-hydrogen) atoms. The molecule has 0 bridgehead atoms. The van der Waals surface area contributed by atoms with Gasteiger partial charge in [0, 0.05) is 11.9 Å². The quantitative estimate of drug-likeness (QED) is 0.641. The van der Waals surface area contributed by atoms with E-state index < -0.39 is 0 Å². The molecule has 2 aromatic rings. The molecule has 1 heterocycles. The first-order chi connectivity index (χ1) is 8.83. The average molecular weight is 262 g/mol. The Hall–Kier alpha value is -1.29. The van der Waals surface area contributed by atoms with Gasteiger partial charge in [-0.1, -0.05) is 31.0 Å². The fourth-order valence-corrected chi connectivity index (χ4v) is 2.24. The van der Waals surface area contributed by atoms with E-state index in [-0.39, 0.29) is 5.56 Å². The highest BCUT2D eigenvalue weighted by Gasteiger charge is 2.02. The molecule has 3 nitrogen and oxygen atoms in total. The van der Waals surface area contributed by atoms with Gasteiger partial charge in [0.05, 0.1) is 11.6 Å². The van der Waals surface area contributed by atoms with Gasteiger partial charge >= 0.3 is 0 Å². The summed E-state index contributed by atoms with van der Waals surface area (Å²) < 4.78 is 1.57. The Kier molecular flexibility index (Phi) is 4.81. The van der Waals surface area contributed by atoms with Gasteiger partial charge in [-0.25, -0.2) is 4.68 Å². The zero-order valence-electron chi connectivity index (χ0n) is 10.4. The standard InChI is InChI=1S/C14H18N2OS/c17-14-13-8-4-3-7-12(13)11-15-16(14)9-5-1-2-6-10-18/h3-4,7-8,11,18H,1-2,5-6,9-10H2. The van der Waals surface area contributed by atoms with Crippen molar-refractivity contribution in [3.05, 3.63) is 40.8 Å². The zero-order chi connectivity index (χ0) is 12.8. The van der Waals surface area contributed by atoms with Crippen LogP contribution in [0.15, 0.2) is 35.3 Å². The van der Waals surface area contributed by atoms with Gasteiger partial charge in [0.1, 0.15) is 0 Å². The summed E-state index contributed by atoms with van der Waals surface area (Å²) in [5, 5.41) is 5.88. The van der Waals surface area contributed by atoms with Crippen LogP contribution in [0.3, 0.4) is 0 Å². The highest BCUT2D eigenvalue weighted by atomic mass is 32.1. The molecule has 0 saturated heterocycles. The van der Waals surface area contributed by atoms with Crippen LogP contribution in [0.4, 0.5) is 0 Å². The SMILES string of the molecule is O=c1c2ccccc2cnn1CCCCCCS. The van der Waals surface area contributed by atoms with Gasteiger partial charge in [0.2, 0.25) is 0 Å². The molecule has 0 aliphatic heterocycles. The minimum atomic E-state index is 0.0160. The van der Waals surface area contributed by atoms with Crippen LogP contribution in [0, 0.1) is 0 Å². The molecule has 0 amide bonds. The lowest BCUT2D eigenvalue weighted by molar-refractivity contribution is 0.524. The number of unbranched alkanes of at least 4 members (excludes halogenated alkanes) is 3. The highest BCUT2D eigenvalue weighted by Crippen LogP contribution is 2.07. The molecule has 0 spiro atoms. The van der Waals surface area contributed by atoms with Crippen molar-refractivity contribution in [2.24, 2.45) is 0 Å². The van der Waals surface area contributed by atoms with E-state index in [9.17, 15) is 4.79 Å². The molecule has 0 unspecified atom stereocenters. The smallest absolute Gasteiger partial charge is 0.267 e. The van der Waals surface area contributed by atoms with E-state index in [0.29, 0.717) is 6.54 Å². The molecule has 0 atom stereocenters. The number of nitrogens with zero attached hydrogens (tertiary/aromatic N) is 2. The maximum atomic E-state index is 12.1. The summed E-state index contributed by atoms with van der Waals surface area (Å²) in [5.41, 5.74) is 0.0160. The van der Waals surface area contributed by atoms with Crippen molar-refractivity contribution in [2.45, 2.75) is 32.2 Å². The van der Waals surface area contributed by atoms with Crippen molar-refractivity contribution < 1.29 is 0 Å². The second-order valence-corrected chi connectivity index (χ2v) is 4.85. The van der Waals surface area contributed by atoms with Gasteiger partial charge in [0.25, 0.3) is 5.56 Å². The predicted octanol–water partition coefficient (Wildman–Crippen LogP) is 2.89. The number of aromatic nitrogens is 2. The lowest BCUT2D eigenvalue weighted by Crippen LogP contribution is -2.22. The molecule has 0 N–H and O–H groups in total. The fourth-order valence-electron chi connectivity index (χ4n) is 2.01. The minimum absolute atomic E-state index is 0.0160. The van der Waals surface area contributed by atoms with Crippen LogP contribution in [0.5, 0.6) is 0 Å². The Morgan fingerprint density at radius 2 is 1.89 bits per heavy atom. The molecule has 0 aliphatic carbocycles. The van der Waals surface area contributed by atoms with Gasteiger partial charge in [0.15, 0.2) is 0 Å². The van der Waals surface area contributed by atoms with Crippen molar-refractivity contribution in [3.63, 3.8) is 0 Å². The summed E-state index contributed by atoms with van der Waals surface area (Å²) in [6.07, 6.45) is 6.21. The summed E-state index contributed by atoms with van der Waals surface area (Å²) in [6, 6.07) is 7.59. The average Bonchev–Trinajstić information content (AvgIpc) is 2.41. The largest absolute Gasteiger partial charge is 0.274 e. The van der Waals surface area contributed by atoms with Gasteiger partial charge in [-0.15, -0.1) is 0 Å². The topological polar surface area (TPSA) is 34.9 Å². The van der Waals surface area contributed by atoms with Crippen molar-refractivity contribution in [1.82, 2.24) is 9.78 Å². The summed E-state index contributed by atoms with van der Waals surface area (Å²) >= 11 is 4.18. The van der Waals surface area contributed by atoms with Crippen molar-refractivity contribution >= 4 is 23.4 Å².